The fourth-order valence-electron chi connectivity index (χ4n) is 6.42. The highest BCUT2D eigenvalue weighted by Crippen LogP contribution is 2.41. The van der Waals surface area contributed by atoms with Crippen LogP contribution in [0, 0.1) is 7.14 Å². The van der Waals surface area contributed by atoms with Crippen LogP contribution in [0.4, 0.5) is 11.4 Å². The molecule has 4 aromatic rings. The SMILES string of the molecule is CCCOc1c2cc(N)cc1Cc1cc(I)cc(c1OCCC)Cc1cc(N)cc(c1OCCC)Cc1cc(I)cc(c1OCCC)C2. The molecule has 1 aliphatic carbocycles. The minimum Gasteiger partial charge on any atom is -0.493 e. The summed E-state index contributed by atoms with van der Waals surface area (Å²) in [4.78, 5) is 0. The third-order valence-corrected chi connectivity index (χ3v) is 9.52. The van der Waals surface area contributed by atoms with Gasteiger partial charge in [-0.2, -0.15) is 0 Å². The van der Waals surface area contributed by atoms with E-state index in [2.05, 4.69) is 121 Å². The second-order valence-electron chi connectivity index (χ2n) is 12.5. The first-order chi connectivity index (χ1) is 23.2. The Balaban J connectivity index is 1.83. The molecule has 256 valence electrons. The lowest BCUT2D eigenvalue weighted by atomic mass is 9.90. The van der Waals surface area contributed by atoms with Crippen molar-refractivity contribution in [3.05, 3.63) is 100 Å². The third-order valence-electron chi connectivity index (χ3n) is 8.27. The predicted octanol–water partition coefficient (Wildman–Crippen LogP) is 9.89. The van der Waals surface area contributed by atoms with Crippen LogP contribution in [-0.4, -0.2) is 26.4 Å². The number of benzene rings is 4. The lowest BCUT2D eigenvalue weighted by molar-refractivity contribution is 0.304. The van der Waals surface area contributed by atoms with E-state index in [1.54, 1.807) is 0 Å². The van der Waals surface area contributed by atoms with Gasteiger partial charge in [-0.3, -0.25) is 0 Å². The summed E-state index contributed by atoms with van der Waals surface area (Å²) in [5, 5.41) is 0. The summed E-state index contributed by atoms with van der Waals surface area (Å²) < 4.78 is 28.7. The summed E-state index contributed by atoms with van der Waals surface area (Å²) in [7, 11) is 0. The van der Waals surface area contributed by atoms with Crippen LogP contribution in [0.1, 0.15) is 97.9 Å². The standard InChI is InChI=1S/C40H48I2N2O4/c1-5-9-45-37-25-13-29-21-35(43)23-31(39(29)47-11-7-3)15-27-19-34(42)20-28(38(27)46-10-6-2)16-32-24-36(44)22-30(40(32)48-12-8-4)14-26(37)18-33(41)17-25/h17-24H,5-16,43-44H2,1-4H3. The molecule has 0 unspecified atom stereocenters. The van der Waals surface area contributed by atoms with Crippen LogP contribution in [0.3, 0.4) is 0 Å². The van der Waals surface area contributed by atoms with Crippen molar-refractivity contribution in [3.63, 3.8) is 0 Å². The van der Waals surface area contributed by atoms with Crippen LogP contribution in [-0.2, 0) is 25.7 Å². The average Bonchev–Trinajstić information content (AvgIpc) is 3.03. The number of ether oxygens (including phenoxy) is 4. The summed E-state index contributed by atoms with van der Waals surface area (Å²) >= 11 is 4.84. The molecule has 48 heavy (non-hydrogen) atoms. The maximum Gasteiger partial charge on any atom is 0.126 e. The van der Waals surface area contributed by atoms with E-state index in [0.29, 0.717) is 52.1 Å². The Bertz CT molecular complexity index is 1390. The largest absolute Gasteiger partial charge is 0.493 e. The van der Waals surface area contributed by atoms with Crippen LogP contribution in [0.5, 0.6) is 23.0 Å². The lowest BCUT2D eigenvalue weighted by Gasteiger charge is -2.24. The molecule has 8 heteroatoms. The normalized spacial score (nSPS) is 12.5. The van der Waals surface area contributed by atoms with Gasteiger partial charge in [-0.25, -0.2) is 0 Å². The van der Waals surface area contributed by atoms with Gasteiger partial charge in [0.1, 0.15) is 23.0 Å². The van der Waals surface area contributed by atoms with Crippen LogP contribution in [0.15, 0.2) is 48.5 Å². The predicted molar refractivity (Wildman–Crippen MR) is 214 cm³/mol. The molecule has 0 fully saturated rings. The second-order valence-corrected chi connectivity index (χ2v) is 15.0. The molecule has 4 N–H and O–H groups in total. The number of halogens is 2. The second kappa shape index (κ2) is 17.2. The van der Waals surface area contributed by atoms with Gasteiger partial charge in [0.25, 0.3) is 0 Å². The smallest absolute Gasteiger partial charge is 0.126 e. The van der Waals surface area contributed by atoms with E-state index >= 15 is 0 Å². The maximum atomic E-state index is 6.67. The average molecular weight is 875 g/mol. The Kier molecular flexibility index (Phi) is 13.0. The van der Waals surface area contributed by atoms with E-state index < -0.39 is 0 Å². The molecule has 8 bridgehead atoms. The molecule has 0 atom stereocenters. The zero-order valence-corrected chi connectivity index (χ0v) is 33.0. The number of nitrogen functional groups attached to an aromatic ring is 2. The molecule has 5 rings (SSSR count). The van der Waals surface area contributed by atoms with Gasteiger partial charge in [-0.1, -0.05) is 27.7 Å². The van der Waals surface area contributed by atoms with Crippen molar-refractivity contribution in [1.29, 1.82) is 0 Å². The molecule has 0 aliphatic heterocycles. The molecular formula is C40H48I2N2O4. The Morgan fingerprint density at radius 3 is 0.833 bits per heavy atom. The highest BCUT2D eigenvalue weighted by molar-refractivity contribution is 14.1. The van der Waals surface area contributed by atoms with Gasteiger partial charge >= 0.3 is 0 Å². The Hall–Kier alpha value is -2.86. The Morgan fingerprint density at radius 2 is 0.625 bits per heavy atom. The van der Waals surface area contributed by atoms with E-state index in [9.17, 15) is 0 Å². The van der Waals surface area contributed by atoms with Gasteiger partial charge in [-0.15, -0.1) is 0 Å². The Morgan fingerprint density at radius 1 is 0.417 bits per heavy atom. The molecule has 0 saturated carbocycles. The van der Waals surface area contributed by atoms with E-state index in [0.717, 1.165) is 112 Å². The molecule has 0 radical (unpaired) electrons. The van der Waals surface area contributed by atoms with Gasteiger partial charge in [0.2, 0.25) is 0 Å². The minimum absolute atomic E-state index is 0.619. The number of hydrogen-bond donors (Lipinski definition) is 2. The number of hydrogen-bond acceptors (Lipinski definition) is 6. The zero-order valence-electron chi connectivity index (χ0n) is 28.6. The van der Waals surface area contributed by atoms with Crippen molar-refractivity contribution < 1.29 is 18.9 Å². The topological polar surface area (TPSA) is 89.0 Å². The van der Waals surface area contributed by atoms with Crippen molar-refractivity contribution in [2.24, 2.45) is 0 Å². The van der Waals surface area contributed by atoms with Crippen molar-refractivity contribution in [1.82, 2.24) is 0 Å². The highest BCUT2D eigenvalue weighted by Gasteiger charge is 2.23. The first-order valence-electron chi connectivity index (χ1n) is 17.2. The number of rotatable bonds is 12. The summed E-state index contributed by atoms with van der Waals surface area (Å²) in [5.74, 6) is 3.62. The molecule has 0 saturated heterocycles. The van der Waals surface area contributed by atoms with Gasteiger partial charge in [0, 0.05) is 66.5 Å². The first-order valence-corrected chi connectivity index (χ1v) is 19.4. The first kappa shape index (κ1) is 36.4. The lowest BCUT2D eigenvalue weighted by Crippen LogP contribution is -2.11. The summed E-state index contributed by atoms with van der Waals surface area (Å²) in [6, 6.07) is 17.2. The van der Waals surface area contributed by atoms with E-state index in [4.69, 9.17) is 30.4 Å². The molecule has 4 aromatic carbocycles. The maximum absolute atomic E-state index is 6.67. The van der Waals surface area contributed by atoms with Crippen molar-refractivity contribution in [2.75, 3.05) is 37.9 Å². The Labute approximate surface area is 313 Å². The molecule has 0 amide bonds. The fourth-order valence-corrected chi connectivity index (χ4v) is 7.92. The summed E-state index contributed by atoms with van der Waals surface area (Å²) in [6.45, 7) is 11.0. The van der Waals surface area contributed by atoms with Gasteiger partial charge in [-0.05, 0) is 142 Å². The van der Waals surface area contributed by atoms with E-state index in [-0.39, 0.29) is 0 Å². The van der Waals surface area contributed by atoms with E-state index in [1.807, 2.05) is 0 Å². The number of anilines is 2. The number of fused-ring (bicyclic) bond motifs is 8. The van der Waals surface area contributed by atoms with Gasteiger partial charge in [0.15, 0.2) is 0 Å². The minimum atomic E-state index is 0.619. The molecule has 0 spiro atoms. The van der Waals surface area contributed by atoms with Crippen molar-refractivity contribution in [3.8, 4) is 23.0 Å². The summed E-state index contributed by atoms with van der Waals surface area (Å²) in [6.07, 6.45) is 6.12. The molecular weight excluding hydrogens is 826 g/mol. The fraction of sp³-hybridized carbons (Fsp3) is 0.400. The molecule has 0 heterocycles. The van der Waals surface area contributed by atoms with Crippen LogP contribution < -0.4 is 30.4 Å². The molecule has 1 aliphatic rings. The van der Waals surface area contributed by atoms with Crippen LogP contribution in [0.2, 0.25) is 0 Å². The van der Waals surface area contributed by atoms with Gasteiger partial charge in [0.05, 0.1) is 26.4 Å². The monoisotopic (exact) mass is 874 g/mol. The van der Waals surface area contributed by atoms with Crippen molar-refractivity contribution in [2.45, 2.75) is 79.1 Å². The van der Waals surface area contributed by atoms with E-state index in [1.165, 1.54) is 0 Å². The van der Waals surface area contributed by atoms with Crippen molar-refractivity contribution >= 4 is 56.6 Å². The quantitative estimate of drug-likeness (QED) is 0.0959. The zero-order chi connectivity index (χ0) is 34.2. The van der Waals surface area contributed by atoms with Gasteiger partial charge < -0.3 is 30.4 Å². The third kappa shape index (κ3) is 8.83. The molecule has 6 nitrogen and oxygen atoms in total. The number of nitrogens with two attached hydrogens (primary N) is 2. The van der Waals surface area contributed by atoms with Crippen LogP contribution in [0.25, 0.3) is 0 Å². The van der Waals surface area contributed by atoms with Crippen LogP contribution >= 0.6 is 45.2 Å². The highest BCUT2D eigenvalue weighted by atomic mass is 127. The molecule has 0 aromatic heterocycles. The summed E-state index contributed by atoms with van der Waals surface area (Å²) in [5.41, 5.74) is 23.4.